The van der Waals surface area contributed by atoms with Gasteiger partial charge in [0.05, 0.1) is 6.26 Å². The molecule has 0 radical (unpaired) electrons. The van der Waals surface area contributed by atoms with E-state index in [9.17, 15) is 8.42 Å². The lowest BCUT2D eigenvalue weighted by Gasteiger charge is -2.38. The Balaban J connectivity index is 2.41. The number of sulfonamides is 1. The van der Waals surface area contributed by atoms with Crippen LogP contribution in [0.1, 0.15) is 33.1 Å². The van der Waals surface area contributed by atoms with Gasteiger partial charge in [0.25, 0.3) is 0 Å². The van der Waals surface area contributed by atoms with Crippen LogP contribution >= 0.6 is 0 Å². The number of nitrogens with one attached hydrogen (secondary N) is 1. The fourth-order valence-electron chi connectivity index (χ4n) is 2.16. The van der Waals surface area contributed by atoms with Crippen LogP contribution in [0.25, 0.3) is 0 Å². The maximum absolute atomic E-state index is 11.0. The lowest BCUT2D eigenvalue weighted by atomic mass is 10.0. The average molecular weight is 234 g/mol. The molecule has 0 aromatic heterocycles. The maximum atomic E-state index is 11.0. The molecule has 0 aliphatic carbocycles. The molecule has 0 aromatic carbocycles. The van der Waals surface area contributed by atoms with E-state index in [0.717, 1.165) is 6.54 Å². The highest BCUT2D eigenvalue weighted by Crippen LogP contribution is 2.18. The van der Waals surface area contributed by atoms with Crippen molar-refractivity contribution in [3.05, 3.63) is 0 Å². The number of hydrogen-bond acceptors (Lipinski definition) is 3. The molecule has 15 heavy (non-hydrogen) atoms. The second-order valence-electron chi connectivity index (χ2n) is 4.55. The molecule has 1 aliphatic heterocycles. The third-order valence-electron chi connectivity index (χ3n) is 3.06. The van der Waals surface area contributed by atoms with Gasteiger partial charge in [-0.05, 0) is 33.2 Å². The SMILES string of the molecule is CC1CCCCN1C(C)CNS(C)(=O)=O. The van der Waals surface area contributed by atoms with E-state index < -0.39 is 10.0 Å². The molecule has 0 spiro atoms. The monoisotopic (exact) mass is 234 g/mol. The van der Waals surface area contributed by atoms with E-state index in [1.807, 2.05) is 0 Å². The largest absolute Gasteiger partial charge is 0.297 e. The van der Waals surface area contributed by atoms with Gasteiger partial charge in [-0.3, -0.25) is 4.90 Å². The first-order valence-electron chi connectivity index (χ1n) is 5.60. The smallest absolute Gasteiger partial charge is 0.208 e. The number of nitrogens with zero attached hydrogens (tertiary/aromatic N) is 1. The summed E-state index contributed by atoms with van der Waals surface area (Å²) in [5.41, 5.74) is 0. The van der Waals surface area contributed by atoms with Crippen LogP contribution < -0.4 is 4.72 Å². The molecule has 1 rings (SSSR count). The van der Waals surface area contributed by atoms with Crippen LogP contribution in [0.3, 0.4) is 0 Å². The second-order valence-corrected chi connectivity index (χ2v) is 6.39. The zero-order chi connectivity index (χ0) is 11.5. The molecule has 2 unspecified atom stereocenters. The van der Waals surface area contributed by atoms with Crippen LogP contribution in [0.2, 0.25) is 0 Å². The van der Waals surface area contributed by atoms with Crippen LogP contribution in [0.15, 0.2) is 0 Å². The summed E-state index contributed by atoms with van der Waals surface area (Å²) < 4.78 is 24.5. The Bertz CT molecular complexity index is 290. The van der Waals surface area contributed by atoms with Gasteiger partial charge < -0.3 is 0 Å². The minimum Gasteiger partial charge on any atom is -0.297 e. The van der Waals surface area contributed by atoms with Gasteiger partial charge >= 0.3 is 0 Å². The molecule has 0 saturated carbocycles. The molecular formula is C10H22N2O2S. The molecule has 1 aliphatic rings. The first-order chi connectivity index (χ1) is 6.90. The topological polar surface area (TPSA) is 49.4 Å². The predicted octanol–water partition coefficient (Wildman–Crippen LogP) is 0.798. The molecular weight excluding hydrogens is 212 g/mol. The van der Waals surface area contributed by atoms with Crippen molar-refractivity contribution in [2.24, 2.45) is 0 Å². The van der Waals surface area contributed by atoms with Gasteiger partial charge in [-0.2, -0.15) is 0 Å². The molecule has 1 saturated heterocycles. The molecule has 0 bridgehead atoms. The summed E-state index contributed by atoms with van der Waals surface area (Å²) in [5.74, 6) is 0. The Morgan fingerprint density at radius 3 is 2.67 bits per heavy atom. The lowest BCUT2D eigenvalue weighted by molar-refractivity contribution is 0.116. The molecule has 4 nitrogen and oxygen atoms in total. The number of hydrogen-bond donors (Lipinski definition) is 1. The maximum Gasteiger partial charge on any atom is 0.208 e. The molecule has 1 N–H and O–H groups in total. The summed E-state index contributed by atoms with van der Waals surface area (Å²) >= 11 is 0. The van der Waals surface area contributed by atoms with E-state index in [2.05, 4.69) is 23.5 Å². The third kappa shape index (κ3) is 4.49. The van der Waals surface area contributed by atoms with E-state index >= 15 is 0 Å². The van der Waals surface area contributed by atoms with E-state index in [0.29, 0.717) is 12.6 Å². The predicted molar refractivity (Wildman–Crippen MR) is 62.3 cm³/mol. The summed E-state index contributed by atoms with van der Waals surface area (Å²) in [5, 5.41) is 0. The zero-order valence-electron chi connectivity index (χ0n) is 9.86. The normalized spacial score (nSPS) is 26.5. The van der Waals surface area contributed by atoms with Crippen molar-refractivity contribution < 1.29 is 8.42 Å². The molecule has 90 valence electrons. The van der Waals surface area contributed by atoms with Crippen molar-refractivity contribution in [3.63, 3.8) is 0 Å². The van der Waals surface area contributed by atoms with Crippen LogP contribution in [-0.4, -0.2) is 44.7 Å². The highest BCUT2D eigenvalue weighted by molar-refractivity contribution is 7.88. The van der Waals surface area contributed by atoms with Crippen LogP contribution in [-0.2, 0) is 10.0 Å². The second kappa shape index (κ2) is 5.27. The Morgan fingerprint density at radius 1 is 1.47 bits per heavy atom. The van der Waals surface area contributed by atoms with Crippen molar-refractivity contribution in [1.82, 2.24) is 9.62 Å². The fourth-order valence-corrected chi connectivity index (χ4v) is 2.71. The summed E-state index contributed by atoms with van der Waals surface area (Å²) in [6.45, 7) is 5.91. The number of piperidine rings is 1. The minimum absolute atomic E-state index is 0.287. The fraction of sp³-hybridized carbons (Fsp3) is 1.00. The Labute approximate surface area is 93.1 Å². The quantitative estimate of drug-likeness (QED) is 0.783. The molecule has 0 amide bonds. The molecule has 1 heterocycles. The Hall–Kier alpha value is -0.130. The summed E-state index contributed by atoms with van der Waals surface area (Å²) in [4.78, 5) is 2.39. The highest BCUT2D eigenvalue weighted by atomic mass is 32.2. The summed E-state index contributed by atoms with van der Waals surface area (Å²) in [7, 11) is -3.05. The Kier molecular flexibility index (Phi) is 4.55. The zero-order valence-corrected chi connectivity index (χ0v) is 10.7. The highest BCUT2D eigenvalue weighted by Gasteiger charge is 2.23. The van der Waals surface area contributed by atoms with E-state index in [4.69, 9.17) is 0 Å². The van der Waals surface area contributed by atoms with E-state index in [-0.39, 0.29) is 6.04 Å². The lowest BCUT2D eigenvalue weighted by Crippen LogP contribution is -2.48. The first kappa shape index (κ1) is 12.9. The van der Waals surface area contributed by atoms with Crippen molar-refractivity contribution >= 4 is 10.0 Å². The molecule has 5 heteroatoms. The first-order valence-corrected chi connectivity index (χ1v) is 7.49. The van der Waals surface area contributed by atoms with E-state index in [1.54, 1.807) is 0 Å². The van der Waals surface area contributed by atoms with Gasteiger partial charge in [0.2, 0.25) is 10.0 Å². The molecule has 2 atom stereocenters. The third-order valence-corrected chi connectivity index (χ3v) is 3.75. The van der Waals surface area contributed by atoms with Crippen molar-refractivity contribution in [2.45, 2.75) is 45.2 Å². The van der Waals surface area contributed by atoms with Gasteiger partial charge in [-0.1, -0.05) is 6.42 Å². The molecule has 0 aromatic rings. The van der Waals surface area contributed by atoms with Gasteiger partial charge in [0.15, 0.2) is 0 Å². The van der Waals surface area contributed by atoms with Crippen molar-refractivity contribution in [3.8, 4) is 0 Å². The summed E-state index contributed by atoms with van der Waals surface area (Å²) in [6, 6.07) is 0.866. The standard InChI is InChI=1S/C10H22N2O2S/c1-9-6-4-5-7-12(9)10(2)8-11-15(3,13)14/h9-11H,4-8H2,1-3H3. The van der Waals surface area contributed by atoms with Crippen LogP contribution in [0.5, 0.6) is 0 Å². The van der Waals surface area contributed by atoms with Crippen molar-refractivity contribution in [1.29, 1.82) is 0 Å². The van der Waals surface area contributed by atoms with Gasteiger partial charge in [-0.25, -0.2) is 13.1 Å². The summed E-state index contributed by atoms with van der Waals surface area (Å²) in [6.07, 6.45) is 4.96. The van der Waals surface area contributed by atoms with Crippen LogP contribution in [0, 0.1) is 0 Å². The van der Waals surface area contributed by atoms with Gasteiger partial charge in [-0.15, -0.1) is 0 Å². The average Bonchev–Trinajstić information content (AvgIpc) is 2.14. The molecule has 1 fully saturated rings. The Morgan fingerprint density at radius 2 is 2.13 bits per heavy atom. The van der Waals surface area contributed by atoms with Gasteiger partial charge in [0.1, 0.15) is 0 Å². The van der Waals surface area contributed by atoms with Crippen LogP contribution in [0.4, 0.5) is 0 Å². The number of likely N-dealkylation sites (tertiary alicyclic amines) is 1. The van der Waals surface area contributed by atoms with Gasteiger partial charge in [0, 0.05) is 18.6 Å². The van der Waals surface area contributed by atoms with Crippen molar-refractivity contribution in [2.75, 3.05) is 19.3 Å². The number of rotatable bonds is 4. The minimum atomic E-state index is -3.05. The van der Waals surface area contributed by atoms with E-state index in [1.165, 1.54) is 25.5 Å².